The van der Waals surface area contributed by atoms with Crippen LogP contribution < -0.4 is 5.32 Å². The molecule has 2 aliphatic carbocycles. The van der Waals surface area contributed by atoms with E-state index in [1.807, 2.05) is 6.92 Å². The number of carbonyl (C=O) groups excluding carboxylic acids is 1. The molecular formula is C17H31NO2. The smallest absolute Gasteiger partial charge is 0.308 e. The highest BCUT2D eigenvalue weighted by Crippen LogP contribution is 2.40. The molecule has 0 heterocycles. The van der Waals surface area contributed by atoms with Crippen LogP contribution in [0.15, 0.2) is 0 Å². The summed E-state index contributed by atoms with van der Waals surface area (Å²) in [6.07, 6.45) is 11.2. The molecule has 116 valence electrons. The second kappa shape index (κ2) is 7.44. The Morgan fingerprint density at radius 2 is 1.95 bits per heavy atom. The first-order valence-electron chi connectivity index (χ1n) is 8.59. The summed E-state index contributed by atoms with van der Waals surface area (Å²) in [5, 5.41) is 3.77. The van der Waals surface area contributed by atoms with Gasteiger partial charge in [0.2, 0.25) is 0 Å². The minimum atomic E-state index is 0.0186. The van der Waals surface area contributed by atoms with E-state index in [1.165, 1.54) is 38.5 Å². The third-order valence-electron chi connectivity index (χ3n) is 5.47. The second-order valence-corrected chi connectivity index (χ2v) is 6.75. The van der Waals surface area contributed by atoms with Gasteiger partial charge in [-0.1, -0.05) is 26.2 Å². The van der Waals surface area contributed by atoms with Crippen LogP contribution in [-0.4, -0.2) is 25.2 Å². The normalized spacial score (nSPS) is 29.3. The van der Waals surface area contributed by atoms with E-state index in [2.05, 4.69) is 12.2 Å². The van der Waals surface area contributed by atoms with E-state index >= 15 is 0 Å². The van der Waals surface area contributed by atoms with E-state index in [9.17, 15) is 4.79 Å². The maximum Gasteiger partial charge on any atom is 0.308 e. The van der Waals surface area contributed by atoms with Gasteiger partial charge in [0, 0.05) is 12.6 Å². The van der Waals surface area contributed by atoms with Crippen molar-refractivity contribution in [3.8, 4) is 0 Å². The van der Waals surface area contributed by atoms with Gasteiger partial charge >= 0.3 is 5.97 Å². The van der Waals surface area contributed by atoms with Crippen molar-refractivity contribution in [2.24, 2.45) is 11.3 Å². The van der Waals surface area contributed by atoms with Crippen LogP contribution in [0.3, 0.4) is 0 Å². The molecule has 0 aromatic heterocycles. The van der Waals surface area contributed by atoms with Gasteiger partial charge in [-0.3, -0.25) is 4.79 Å². The first-order chi connectivity index (χ1) is 9.69. The fourth-order valence-corrected chi connectivity index (χ4v) is 3.99. The molecular weight excluding hydrogens is 250 g/mol. The van der Waals surface area contributed by atoms with E-state index < -0.39 is 0 Å². The maximum atomic E-state index is 11.9. The van der Waals surface area contributed by atoms with Crippen molar-refractivity contribution in [3.63, 3.8) is 0 Å². The van der Waals surface area contributed by atoms with Crippen LogP contribution in [0.2, 0.25) is 0 Å². The van der Waals surface area contributed by atoms with E-state index in [-0.39, 0.29) is 11.9 Å². The van der Waals surface area contributed by atoms with Gasteiger partial charge in [0.1, 0.15) is 0 Å². The zero-order valence-corrected chi connectivity index (χ0v) is 13.2. The molecule has 2 aliphatic rings. The highest BCUT2D eigenvalue weighted by molar-refractivity contribution is 5.72. The summed E-state index contributed by atoms with van der Waals surface area (Å²) in [6.45, 7) is 5.87. The van der Waals surface area contributed by atoms with Gasteiger partial charge in [-0.15, -0.1) is 0 Å². The molecule has 2 rings (SSSR count). The quantitative estimate of drug-likeness (QED) is 0.755. The van der Waals surface area contributed by atoms with Gasteiger partial charge in [-0.25, -0.2) is 0 Å². The summed E-state index contributed by atoms with van der Waals surface area (Å²) >= 11 is 0. The molecule has 0 aromatic carbocycles. The van der Waals surface area contributed by atoms with Crippen LogP contribution in [0.5, 0.6) is 0 Å². The van der Waals surface area contributed by atoms with E-state index in [0.717, 1.165) is 25.8 Å². The number of nitrogens with one attached hydrogen (secondary N) is 1. The maximum absolute atomic E-state index is 11.9. The first-order valence-corrected chi connectivity index (χ1v) is 8.59. The molecule has 0 saturated heterocycles. The molecule has 2 unspecified atom stereocenters. The molecule has 0 bridgehead atoms. The number of hydrogen-bond acceptors (Lipinski definition) is 3. The first kappa shape index (κ1) is 15.8. The fraction of sp³-hybridized carbons (Fsp3) is 0.941. The summed E-state index contributed by atoms with van der Waals surface area (Å²) in [7, 11) is 0. The molecule has 0 spiro atoms. The lowest BCUT2D eigenvalue weighted by molar-refractivity contribution is -0.149. The highest BCUT2D eigenvalue weighted by atomic mass is 16.5. The molecule has 3 heteroatoms. The summed E-state index contributed by atoms with van der Waals surface area (Å²) in [6, 6.07) is 0.516. The van der Waals surface area contributed by atoms with Crippen LogP contribution >= 0.6 is 0 Å². The predicted molar refractivity (Wildman–Crippen MR) is 81.6 cm³/mol. The molecule has 3 nitrogen and oxygen atoms in total. The van der Waals surface area contributed by atoms with Crippen molar-refractivity contribution < 1.29 is 9.53 Å². The van der Waals surface area contributed by atoms with Crippen LogP contribution in [0, 0.1) is 11.3 Å². The van der Waals surface area contributed by atoms with Crippen molar-refractivity contribution in [2.75, 3.05) is 13.2 Å². The van der Waals surface area contributed by atoms with Crippen LogP contribution in [0.1, 0.15) is 71.6 Å². The topological polar surface area (TPSA) is 38.3 Å². The van der Waals surface area contributed by atoms with E-state index in [4.69, 9.17) is 4.74 Å². The summed E-state index contributed by atoms with van der Waals surface area (Å²) < 4.78 is 5.18. The SMILES string of the molecule is CCOC(=O)C1CCCC(NCC2(CC)CCCC2)C1. The lowest BCUT2D eigenvalue weighted by atomic mass is 9.81. The van der Waals surface area contributed by atoms with Gasteiger partial charge in [-0.05, 0) is 50.9 Å². The molecule has 0 aromatic rings. The molecule has 20 heavy (non-hydrogen) atoms. The van der Waals surface area contributed by atoms with Gasteiger partial charge in [0.25, 0.3) is 0 Å². The Morgan fingerprint density at radius 1 is 1.20 bits per heavy atom. The monoisotopic (exact) mass is 281 g/mol. The largest absolute Gasteiger partial charge is 0.466 e. The molecule has 2 saturated carbocycles. The van der Waals surface area contributed by atoms with Crippen molar-refractivity contribution >= 4 is 5.97 Å². The third-order valence-corrected chi connectivity index (χ3v) is 5.47. The molecule has 2 fully saturated rings. The minimum Gasteiger partial charge on any atom is -0.466 e. The van der Waals surface area contributed by atoms with E-state index in [1.54, 1.807) is 0 Å². The van der Waals surface area contributed by atoms with Crippen molar-refractivity contribution in [1.82, 2.24) is 5.32 Å². The fourth-order valence-electron chi connectivity index (χ4n) is 3.99. The van der Waals surface area contributed by atoms with Crippen molar-refractivity contribution in [1.29, 1.82) is 0 Å². The van der Waals surface area contributed by atoms with Crippen LogP contribution in [-0.2, 0) is 9.53 Å². The van der Waals surface area contributed by atoms with Crippen LogP contribution in [0.4, 0.5) is 0 Å². The Hall–Kier alpha value is -0.570. The van der Waals surface area contributed by atoms with E-state index in [0.29, 0.717) is 18.1 Å². The minimum absolute atomic E-state index is 0.0186. The Kier molecular flexibility index (Phi) is 5.88. The zero-order valence-electron chi connectivity index (χ0n) is 13.2. The van der Waals surface area contributed by atoms with Gasteiger partial charge < -0.3 is 10.1 Å². The molecule has 0 radical (unpaired) electrons. The molecule has 0 amide bonds. The zero-order chi connectivity index (χ0) is 14.4. The average molecular weight is 281 g/mol. The number of carbonyl (C=O) groups is 1. The highest BCUT2D eigenvalue weighted by Gasteiger charge is 2.34. The molecule has 1 N–H and O–H groups in total. The van der Waals surface area contributed by atoms with Gasteiger partial charge in [0.15, 0.2) is 0 Å². The van der Waals surface area contributed by atoms with Crippen LogP contribution in [0.25, 0.3) is 0 Å². The Balaban J connectivity index is 1.79. The Morgan fingerprint density at radius 3 is 2.60 bits per heavy atom. The summed E-state index contributed by atoms with van der Waals surface area (Å²) in [4.78, 5) is 11.9. The summed E-state index contributed by atoms with van der Waals surface area (Å²) in [5.74, 6) is 0.146. The lowest BCUT2D eigenvalue weighted by Crippen LogP contribution is -2.42. The number of hydrogen-bond donors (Lipinski definition) is 1. The van der Waals surface area contributed by atoms with Crippen molar-refractivity contribution in [3.05, 3.63) is 0 Å². The number of ether oxygens (including phenoxy) is 1. The number of esters is 1. The third kappa shape index (κ3) is 3.97. The molecule has 0 aliphatic heterocycles. The van der Waals surface area contributed by atoms with Gasteiger partial charge in [-0.2, -0.15) is 0 Å². The average Bonchev–Trinajstić information content (AvgIpc) is 2.95. The second-order valence-electron chi connectivity index (χ2n) is 6.75. The Labute approximate surface area is 123 Å². The van der Waals surface area contributed by atoms with Crippen molar-refractivity contribution in [2.45, 2.75) is 77.7 Å². The lowest BCUT2D eigenvalue weighted by Gasteiger charge is -2.34. The summed E-state index contributed by atoms with van der Waals surface area (Å²) in [5.41, 5.74) is 0.539. The Bertz CT molecular complexity index is 310. The standard InChI is InChI=1S/C17H31NO2/c1-3-17(10-5-6-11-17)13-18-15-9-7-8-14(12-15)16(19)20-4-2/h14-15,18H,3-13H2,1-2H3. The molecule has 2 atom stereocenters. The number of rotatable bonds is 6. The van der Waals surface area contributed by atoms with Gasteiger partial charge in [0.05, 0.1) is 12.5 Å². The predicted octanol–water partition coefficient (Wildman–Crippen LogP) is 3.67.